The Labute approximate surface area is 111 Å². The second kappa shape index (κ2) is 9.15. The van der Waals surface area contributed by atoms with Gasteiger partial charge in [-0.15, -0.1) is 0 Å². The van der Waals surface area contributed by atoms with Crippen LogP contribution >= 0.6 is 0 Å². The molecule has 0 saturated heterocycles. The summed E-state index contributed by atoms with van der Waals surface area (Å²) in [6, 6.07) is -1.87. The van der Waals surface area contributed by atoms with Gasteiger partial charge in [0, 0.05) is 19.6 Å². The van der Waals surface area contributed by atoms with E-state index in [2.05, 4.69) is 5.32 Å². The molecule has 1 atom stereocenters. The van der Waals surface area contributed by atoms with Gasteiger partial charge in [0.25, 0.3) is 0 Å². The first-order chi connectivity index (χ1) is 8.96. The molecule has 0 fully saturated rings. The summed E-state index contributed by atoms with van der Waals surface area (Å²) in [5.41, 5.74) is 0. The number of ether oxygens (including phenoxy) is 1. The first-order valence-electron chi connectivity index (χ1n) is 6.00. The lowest BCUT2D eigenvalue weighted by Gasteiger charge is -2.22. The average Bonchev–Trinajstić information content (AvgIpc) is 2.35. The van der Waals surface area contributed by atoms with Gasteiger partial charge in [0.15, 0.2) is 0 Å². The molecule has 8 nitrogen and oxygen atoms in total. The van der Waals surface area contributed by atoms with E-state index in [0.29, 0.717) is 0 Å². The second-order valence-electron chi connectivity index (χ2n) is 3.67. The van der Waals surface area contributed by atoms with Crippen molar-refractivity contribution < 1.29 is 29.3 Å². The number of aliphatic carboxylic acids is 1. The molecule has 110 valence electrons. The molecule has 0 saturated carbocycles. The van der Waals surface area contributed by atoms with E-state index in [0.717, 1.165) is 4.90 Å². The Kier molecular flexibility index (Phi) is 8.27. The van der Waals surface area contributed by atoms with Crippen molar-refractivity contribution in [2.24, 2.45) is 0 Å². The molecule has 3 N–H and O–H groups in total. The number of nitrogens with zero attached hydrogens (tertiary/aromatic N) is 1. The summed E-state index contributed by atoms with van der Waals surface area (Å²) in [5.74, 6) is -1.80. The van der Waals surface area contributed by atoms with E-state index in [-0.39, 0.29) is 32.7 Å². The number of hydrogen-bond acceptors (Lipinski definition) is 5. The number of carboxylic acid groups (broad SMARTS) is 1. The number of hydrogen-bond donors (Lipinski definition) is 3. The number of esters is 1. The third kappa shape index (κ3) is 6.61. The van der Waals surface area contributed by atoms with Crippen molar-refractivity contribution in [1.82, 2.24) is 10.2 Å². The van der Waals surface area contributed by atoms with Crippen molar-refractivity contribution in [3.05, 3.63) is 0 Å². The Morgan fingerprint density at radius 1 is 1.32 bits per heavy atom. The fraction of sp³-hybridized carbons (Fsp3) is 0.727. The van der Waals surface area contributed by atoms with Crippen LogP contribution in [0.15, 0.2) is 0 Å². The summed E-state index contributed by atoms with van der Waals surface area (Å²) in [6.07, 6.45) is -0.0992. The molecule has 1 unspecified atom stereocenters. The molecule has 0 heterocycles. The minimum absolute atomic E-state index is 0.0992. The van der Waals surface area contributed by atoms with Crippen LogP contribution in [0.3, 0.4) is 0 Å². The highest BCUT2D eigenvalue weighted by molar-refractivity contribution is 5.85. The van der Waals surface area contributed by atoms with Crippen molar-refractivity contribution in [1.29, 1.82) is 0 Å². The molecule has 0 aromatic carbocycles. The third-order valence-electron chi connectivity index (χ3n) is 2.31. The van der Waals surface area contributed by atoms with Crippen molar-refractivity contribution in [2.75, 3.05) is 26.3 Å². The monoisotopic (exact) mass is 276 g/mol. The van der Waals surface area contributed by atoms with Crippen LogP contribution in [0.2, 0.25) is 0 Å². The van der Waals surface area contributed by atoms with E-state index in [1.807, 2.05) is 0 Å². The van der Waals surface area contributed by atoms with Crippen molar-refractivity contribution in [2.45, 2.75) is 26.3 Å². The molecule has 0 radical (unpaired) electrons. The number of nitrogens with one attached hydrogen (secondary N) is 1. The summed E-state index contributed by atoms with van der Waals surface area (Å²) in [7, 11) is 0. The molecule has 0 aliphatic carbocycles. The second-order valence-corrected chi connectivity index (χ2v) is 3.67. The number of carbonyl (C=O) groups is 3. The molecule has 0 spiro atoms. The van der Waals surface area contributed by atoms with Crippen molar-refractivity contribution in [3.8, 4) is 0 Å². The lowest BCUT2D eigenvalue weighted by atomic mass is 10.2. The highest BCUT2D eigenvalue weighted by Crippen LogP contribution is 1.97. The minimum Gasteiger partial charge on any atom is -0.480 e. The zero-order valence-electron chi connectivity index (χ0n) is 11.1. The zero-order chi connectivity index (χ0) is 14.8. The lowest BCUT2D eigenvalue weighted by Crippen LogP contribution is -2.49. The smallest absolute Gasteiger partial charge is 0.326 e. The molecule has 19 heavy (non-hydrogen) atoms. The van der Waals surface area contributed by atoms with E-state index in [1.165, 1.54) is 0 Å². The number of carbonyl (C=O) groups excluding carboxylic acids is 2. The van der Waals surface area contributed by atoms with Gasteiger partial charge in [0.1, 0.15) is 12.6 Å². The molecular formula is C11H20N2O6. The van der Waals surface area contributed by atoms with Crippen LogP contribution in [0.1, 0.15) is 20.3 Å². The third-order valence-corrected chi connectivity index (χ3v) is 2.31. The van der Waals surface area contributed by atoms with Crippen LogP contribution in [0, 0.1) is 0 Å². The van der Waals surface area contributed by atoms with Gasteiger partial charge in [-0.2, -0.15) is 0 Å². The van der Waals surface area contributed by atoms with Gasteiger partial charge >= 0.3 is 18.0 Å². The fourth-order valence-electron chi connectivity index (χ4n) is 1.32. The topological polar surface area (TPSA) is 116 Å². The van der Waals surface area contributed by atoms with Crippen LogP contribution in [0.5, 0.6) is 0 Å². The van der Waals surface area contributed by atoms with Crippen LogP contribution < -0.4 is 5.32 Å². The quantitative estimate of drug-likeness (QED) is 0.511. The van der Waals surface area contributed by atoms with Gasteiger partial charge < -0.3 is 25.2 Å². The average molecular weight is 276 g/mol. The predicted octanol–water partition coefficient (Wildman–Crippen LogP) is -0.583. The number of aliphatic hydroxyl groups excluding tert-OH is 1. The van der Waals surface area contributed by atoms with E-state index in [4.69, 9.17) is 14.9 Å². The Bertz CT molecular complexity index is 320. The van der Waals surface area contributed by atoms with Crippen molar-refractivity contribution in [3.63, 3.8) is 0 Å². The molecule has 8 heteroatoms. The van der Waals surface area contributed by atoms with Gasteiger partial charge in [-0.3, -0.25) is 4.79 Å². The maximum Gasteiger partial charge on any atom is 0.326 e. The Hall–Kier alpha value is -1.83. The van der Waals surface area contributed by atoms with Crippen LogP contribution in [0.25, 0.3) is 0 Å². The van der Waals surface area contributed by atoms with Gasteiger partial charge in [-0.25, -0.2) is 9.59 Å². The van der Waals surface area contributed by atoms with Gasteiger partial charge in [0.2, 0.25) is 0 Å². The Morgan fingerprint density at radius 2 is 1.95 bits per heavy atom. The Balaban J connectivity index is 4.48. The minimum atomic E-state index is -1.24. The first kappa shape index (κ1) is 17.2. The number of rotatable bonds is 8. The van der Waals surface area contributed by atoms with Gasteiger partial charge in [-0.1, -0.05) is 0 Å². The van der Waals surface area contributed by atoms with Gasteiger partial charge in [-0.05, 0) is 13.8 Å². The van der Waals surface area contributed by atoms with E-state index < -0.39 is 24.0 Å². The molecule has 0 aromatic rings. The first-order valence-corrected chi connectivity index (χ1v) is 6.00. The SMILES string of the molecule is CCOC(=O)CN(CC)C(=O)NC(CCO)C(=O)O. The van der Waals surface area contributed by atoms with Gasteiger partial charge in [0.05, 0.1) is 6.61 Å². The standard InChI is InChI=1S/C11H20N2O6/c1-3-13(7-9(15)19-4-2)11(18)12-8(5-6-14)10(16)17/h8,14H,3-7H2,1-2H3,(H,12,18)(H,16,17). The van der Waals surface area contributed by atoms with E-state index in [1.54, 1.807) is 13.8 Å². The van der Waals surface area contributed by atoms with Crippen molar-refractivity contribution >= 4 is 18.0 Å². The van der Waals surface area contributed by atoms with Crippen LogP contribution in [-0.4, -0.2) is 65.4 Å². The summed E-state index contributed by atoms with van der Waals surface area (Å²) in [4.78, 5) is 35.0. The number of aliphatic hydroxyl groups is 1. The number of amides is 2. The zero-order valence-corrected chi connectivity index (χ0v) is 11.1. The maximum atomic E-state index is 11.8. The molecule has 0 aromatic heterocycles. The largest absolute Gasteiger partial charge is 0.480 e. The molecule has 0 aliphatic rings. The molecule has 0 rings (SSSR count). The van der Waals surface area contributed by atoms with E-state index >= 15 is 0 Å². The molecule has 0 aliphatic heterocycles. The Morgan fingerprint density at radius 3 is 2.37 bits per heavy atom. The summed E-state index contributed by atoms with van der Waals surface area (Å²) < 4.78 is 4.71. The summed E-state index contributed by atoms with van der Waals surface area (Å²) >= 11 is 0. The highest BCUT2D eigenvalue weighted by atomic mass is 16.5. The molecule has 0 bridgehead atoms. The predicted molar refractivity (Wildman–Crippen MR) is 65.5 cm³/mol. The normalized spacial score (nSPS) is 11.5. The summed E-state index contributed by atoms with van der Waals surface area (Å²) in [5, 5.41) is 19.8. The molecule has 2 amide bonds. The number of urea groups is 1. The number of likely N-dealkylation sites (N-methyl/N-ethyl adjacent to an activating group) is 1. The summed E-state index contributed by atoms with van der Waals surface area (Å²) in [6.45, 7) is 3.13. The maximum absolute atomic E-state index is 11.8. The van der Waals surface area contributed by atoms with Crippen LogP contribution in [-0.2, 0) is 14.3 Å². The number of carboxylic acids is 1. The van der Waals surface area contributed by atoms with Crippen LogP contribution in [0.4, 0.5) is 4.79 Å². The molecular weight excluding hydrogens is 256 g/mol. The lowest BCUT2D eigenvalue weighted by molar-refractivity contribution is -0.143. The van der Waals surface area contributed by atoms with E-state index in [9.17, 15) is 14.4 Å². The highest BCUT2D eigenvalue weighted by Gasteiger charge is 2.23. The fourth-order valence-corrected chi connectivity index (χ4v) is 1.32.